The van der Waals surface area contributed by atoms with E-state index in [1.807, 2.05) is 36.5 Å². The molecule has 0 bridgehead atoms. The van der Waals surface area contributed by atoms with Crippen LogP contribution >= 0.6 is 0 Å². The van der Waals surface area contributed by atoms with Gasteiger partial charge in [0.15, 0.2) is 0 Å². The number of nitrogens with zero attached hydrogens (tertiary/aromatic N) is 1. The van der Waals surface area contributed by atoms with Crippen molar-refractivity contribution in [3.05, 3.63) is 71.9 Å². The Bertz CT molecular complexity index is 752. The highest BCUT2D eigenvalue weighted by molar-refractivity contribution is 5.62. The van der Waals surface area contributed by atoms with Crippen molar-refractivity contribution in [3.8, 4) is 17.0 Å². The van der Waals surface area contributed by atoms with Crippen LogP contribution in [0.5, 0.6) is 5.75 Å². The number of hydrogen-bond acceptors (Lipinski definition) is 3. The molecule has 2 aromatic carbocycles. The van der Waals surface area contributed by atoms with Crippen molar-refractivity contribution in [1.82, 2.24) is 15.5 Å². The number of benzene rings is 2. The summed E-state index contributed by atoms with van der Waals surface area (Å²) in [5.41, 5.74) is 4.58. The Morgan fingerprint density at radius 2 is 1.96 bits per heavy atom. The van der Waals surface area contributed by atoms with Crippen LogP contribution < -0.4 is 10.1 Å². The zero-order chi connectivity index (χ0) is 16.1. The Morgan fingerprint density at radius 1 is 1.13 bits per heavy atom. The molecule has 0 aliphatic carbocycles. The number of methoxy groups -OCH3 is 1. The Hall–Kier alpha value is -2.59. The van der Waals surface area contributed by atoms with E-state index in [0.29, 0.717) is 0 Å². The molecule has 4 nitrogen and oxygen atoms in total. The normalized spacial score (nSPS) is 12.1. The van der Waals surface area contributed by atoms with E-state index in [4.69, 9.17) is 4.74 Å². The summed E-state index contributed by atoms with van der Waals surface area (Å²) >= 11 is 0. The molecular formula is C19H21N3O. The number of hydrogen-bond donors (Lipinski definition) is 2. The van der Waals surface area contributed by atoms with Gasteiger partial charge in [0.1, 0.15) is 5.75 Å². The number of aromatic nitrogens is 2. The van der Waals surface area contributed by atoms with Crippen LogP contribution in [-0.2, 0) is 6.54 Å². The molecule has 0 amide bonds. The molecule has 4 heteroatoms. The molecule has 0 fully saturated rings. The zero-order valence-electron chi connectivity index (χ0n) is 13.4. The second-order valence-corrected chi connectivity index (χ2v) is 5.52. The third-order valence-electron chi connectivity index (χ3n) is 3.97. The van der Waals surface area contributed by atoms with Gasteiger partial charge in [0, 0.05) is 18.2 Å². The van der Waals surface area contributed by atoms with E-state index in [-0.39, 0.29) is 6.04 Å². The zero-order valence-corrected chi connectivity index (χ0v) is 13.4. The number of ether oxygens (including phenoxy) is 1. The van der Waals surface area contributed by atoms with Gasteiger partial charge in [0.05, 0.1) is 19.0 Å². The summed E-state index contributed by atoms with van der Waals surface area (Å²) in [7, 11) is 1.69. The molecule has 1 aromatic heterocycles. The first kappa shape index (κ1) is 15.3. The lowest BCUT2D eigenvalue weighted by atomic mass is 10.1. The SMILES string of the molecule is COc1cccc(C(C)NCc2cn[nH]c2-c2ccccc2)c1. The first-order chi connectivity index (χ1) is 11.3. The lowest BCUT2D eigenvalue weighted by molar-refractivity contribution is 0.413. The van der Waals surface area contributed by atoms with Crippen molar-refractivity contribution in [3.63, 3.8) is 0 Å². The van der Waals surface area contributed by atoms with Gasteiger partial charge in [-0.3, -0.25) is 5.10 Å². The minimum absolute atomic E-state index is 0.226. The molecule has 0 aliphatic heterocycles. The van der Waals surface area contributed by atoms with Crippen LogP contribution in [0.1, 0.15) is 24.1 Å². The summed E-state index contributed by atoms with van der Waals surface area (Å²) in [6.45, 7) is 2.90. The van der Waals surface area contributed by atoms with Gasteiger partial charge in [-0.15, -0.1) is 0 Å². The molecule has 0 saturated carbocycles. The number of rotatable bonds is 6. The molecule has 3 rings (SSSR count). The highest BCUT2D eigenvalue weighted by Gasteiger charge is 2.10. The van der Waals surface area contributed by atoms with Crippen molar-refractivity contribution in [2.45, 2.75) is 19.5 Å². The average Bonchev–Trinajstić information content (AvgIpc) is 3.09. The van der Waals surface area contributed by atoms with Gasteiger partial charge in [-0.2, -0.15) is 5.10 Å². The van der Waals surface area contributed by atoms with E-state index >= 15 is 0 Å². The molecule has 118 valence electrons. The third-order valence-corrected chi connectivity index (χ3v) is 3.97. The van der Waals surface area contributed by atoms with Gasteiger partial charge < -0.3 is 10.1 Å². The van der Waals surface area contributed by atoms with E-state index in [2.05, 4.69) is 46.7 Å². The van der Waals surface area contributed by atoms with Crippen molar-refractivity contribution in [2.24, 2.45) is 0 Å². The van der Waals surface area contributed by atoms with Gasteiger partial charge in [-0.1, -0.05) is 42.5 Å². The molecule has 3 aromatic rings. The van der Waals surface area contributed by atoms with Crippen LogP contribution in [0, 0.1) is 0 Å². The minimum Gasteiger partial charge on any atom is -0.497 e. The summed E-state index contributed by atoms with van der Waals surface area (Å²) < 4.78 is 5.29. The van der Waals surface area contributed by atoms with Gasteiger partial charge >= 0.3 is 0 Å². The fraction of sp³-hybridized carbons (Fsp3) is 0.211. The Balaban J connectivity index is 1.70. The Labute approximate surface area is 136 Å². The molecule has 0 saturated heterocycles. The number of nitrogens with one attached hydrogen (secondary N) is 2. The number of H-pyrrole nitrogens is 1. The molecule has 0 spiro atoms. The van der Waals surface area contributed by atoms with Gasteiger partial charge in [-0.25, -0.2) is 0 Å². The predicted octanol–water partition coefficient (Wildman–Crippen LogP) is 3.94. The summed E-state index contributed by atoms with van der Waals surface area (Å²) in [5.74, 6) is 0.879. The van der Waals surface area contributed by atoms with Gasteiger partial charge in [-0.05, 0) is 30.2 Å². The standard InChI is InChI=1S/C19H21N3O/c1-14(16-9-6-10-18(11-16)23-2)20-12-17-13-21-22-19(17)15-7-4-3-5-8-15/h3-11,13-14,20H,12H2,1-2H3,(H,21,22). The topological polar surface area (TPSA) is 49.9 Å². The van der Waals surface area contributed by atoms with Crippen LogP contribution in [0.25, 0.3) is 11.3 Å². The molecule has 2 N–H and O–H groups in total. The maximum atomic E-state index is 5.29. The quantitative estimate of drug-likeness (QED) is 0.725. The fourth-order valence-corrected chi connectivity index (χ4v) is 2.59. The van der Waals surface area contributed by atoms with Crippen molar-refractivity contribution in [1.29, 1.82) is 0 Å². The summed E-state index contributed by atoms with van der Waals surface area (Å²) in [6, 6.07) is 18.6. The maximum Gasteiger partial charge on any atom is 0.119 e. The molecule has 0 radical (unpaired) electrons. The van der Waals surface area contributed by atoms with Crippen molar-refractivity contribution < 1.29 is 4.74 Å². The van der Waals surface area contributed by atoms with Crippen molar-refractivity contribution >= 4 is 0 Å². The van der Waals surface area contributed by atoms with Crippen LogP contribution in [-0.4, -0.2) is 17.3 Å². The number of aromatic amines is 1. The molecule has 23 heavy (non-hydrogen) atoms. The smallest absolute Gasteiger partial charge is 0.119 e. The molecule has 1 heterocycles. The summed E-state index contributed by atoms with van der Waals surface area (Å²) in [6.07, 6.45) is 1.88. The van der Waals surface area contributed by atoms with Crippen LogP contribution in [0.2, 0.25) is 0 Å². The van der Waals surface area contributed by atoms with Crippen LogP contribution in [0.3, 0.4) is 0 Å². The highest BCUT2D eigenvalue weighted by atomic mass is 16.5. The predicted molar refractivity (Wildman–Crippen MR) is 92.3 cm³/mol. The van der Waals surface area contributed by atoms with Crippen LogP contribution in [0.4, 0.5) is 0 Å². The Morgan fingerprint density at radius 3 is 2.74 bits per heavy atom. The van der Waals surface area contributed by atoms with E-state index in [1.165, 1.54) is 5.56 Å². The Kier molecular flexibility index (Phi) is 4.74. The second-order valence-electron chi connectivity index (χ2n) is 5.52. The van der Waals surface area contributed by atoms with E-state index in [0.717, 1.165) is 29.1 Å². The first-order valence-corrected chi connectivity index (χ1v) is 7.73. The summed E-state index contributed by atoms with van der Waals surface area (Å²) in [5, 5.41) is 10.8. The lowest BCUT2D eigenvalue weighted by Crippen LogP contribution is -2.18. The molecule has 0 aliphatic rings. The molecule has 1 unspecified atom stereocenters. The molecular weight excluding hydrogens is 286 g/mol. The largest absolute Gasteiger partial charge is 0.497 e. The summed E-state index contributed by atoms with van der Waals surface area (Å²) in [4.78, 5) is 0. The van der Waals surface area contributed by atoms with E-state index < -0.39 is 0 Å². The van der Waals surface area contributed by atoms with Gasteiger partial charge in [0.2, 0.25) is 0 Å². The average molecular weight is 307 g/mol. The third kappa shape index (κ3) is 3.60. The second kappa shape index (κ2) is 7.11. The first-order valence-electron chi connectivity index (χ1n) is 7.73. The minimum atomic E-state index is 0.226. The fourth-order valence-electron chi connectivity index (χ4n) is 2.59. The van der Waals surface area contributed by atoms with E-state index in [9.17, 15) is 0 Å². The monoisotopic (exact) mass is 307 g/mol. The van der Waals surface area contributed by atoms with Crippen LogP contribution in [0.15, 0.2) is 60.8 Å². The molecule has 1 atom stereocenters. The van der Waals surface area contributed by atoms with E-state index in [1.54, 1.807) is 7.11 Å². The highest BCUT2D eigenvalue weighted by Crippen LogP contribution is 2.22. The maximum absolute atomic E-state index is 5.29. The van der Waals surface area contributed by atoms with Gasteiger partial charge in [0.25, 0.3) is 0 Å². The lowest BCUT2D eigenvalue weighted by Gasteiger charge is -2.15. The van der Waals surface area contributed by atoms with Crippen molar-refractivity contribution in [2.75, 3.05) is 7.11 Å².